The van der Waals surface area contributed by atoms with E-state index in [4.69, 9.17) is 9.47 Å². The van der Waals surface area contributed by atoms with E-state index in [1.807, 2.05) is 12.3 Å². The minimum atomic E-state index is 0.690. The minimum Gasteiger partial charge on any atom is -0.493 e. The Bertz CT molecular complexity index is 776. The molecular formula is C18H17NO2. The summed E-state index contributed by atoms with van der Waals surface area (Å²) in [6.45, 7) is 1.50. The van der Waals surface area contributed by atoms with E-state index < -0.39 is 0 Å². The first kappa shape index (κ1) is 12.3. The monoisotopic (exact) mass is 279 g/mol. The van der Waals surface area contributed by atoms with Crippen molar-refractivity contribution in [1.82, 2.24) is 4.98 Å². The van der Waals surface area contributed by atoms with Gasteiger partial charge in [-0.05, 0) is 41.5 Å². The molecule has 21 heavy (non-hydrogen) atoms. The van der Waals surface area contributed by atoms with E-state index in [1.165, 1.54) is 16.5 Å². The van der Waals surface area contributed by atoms with Crippen molar-refractivity contribution in [1.29, 1.82) is 0 Å². The second-order valence-corrected chi connectivity index (χ2v) is 5.37. The number of nitrogens with one attached hydrogen (secondary N) is 1. The highest BCUT2D eigenvalue weighted by molar-refractivity contribution is 5.80. The largest absolute Gasteiger partial charge is 0.493 e. The molecule has 0 saturated heterocycles. The third-order valence-corrected chi connectivity index (χ3v) is 3.94. The van der Waals surface area contributed by atoms with Gasteiger partial charge < -0.3 is 14.5 Å². The number of hydrogen-bond donors (Lipinski definition) is 1. The number of benzene rings is 2. The summed E-state index contributed by atoms with van der Waals surface area (Å²) < 4.78 is 11.4. The highest BCUT2D eigenvalue weighted by Gasteiger charge is 2.11. The molecule has 0 radical (unpaired) electrons. The Morgan fingerprint density at radius 3 is 3.10 bits per heavy atom. The van der Waals surface area contributed by atoms with Crippen LogP contribution in [0.1, 0.15) is 11.1 Å². The molecule has 1 aliphatic rings. The summed E-state index contributed by atoms with van der Waals surface area (Å²) in [7, 11) is 0. The van der Waals surface area contributed by atoms with Crippen molar-refractivity contribution in [3.63, 3.8) is 0 Å². The molecule has 0 fully saturated rings. The number of rotatable bonds is 4. The molecule has 0 atom stereocenters. The third-order valence-electron chi connectivity index (χ3n) is 3.94. The van der Waals surface area contributed by atoms with E-state index in [0.29, 0.717) is 6.61 Å². The summed E-state index contributed by atoms with van der Waals surface area (Å²) in [5.74, 6) is 1.96. The van der Waals surface area contributed by atoms with Gasteiger partial charge in [0.05, 0.1) is 13.2 Å². The predicted molar refractivity (Wildman–Crippen MR) is 83.1 cm³/mol. The van der Waals surface area contributed by atoms with E-state index in [0.717, 1.165) is 36.5 Å². The molecule has 1 N–H and O–H groups in total. The van der Waals surface area contributed by atoms with Crippen LogP contribution in [-0.4, -0.2) is 18.2 Å². The first-order chi connectivity index (χ1) is 10.4. The molecular weight excluding hydrogens is 262 g/mol. The molecule has 0 aliphatic carbocycles. The van der Waals surface area contributed by atoms with E-state index in [-0.39, 0.29) is 0 Å². The molecule has 3 aromatic rings. The number of aromatic nitrogens is 1. The average Bonchev–Trinajstić information content (AvgIpc) is 3.14. The SMILES string of the molecule is c1cc2cc(OCCc3ccc4c(c3)CCO4)ccc2[nH]1. The van der Waals surface area contributed by atoms with Crippen LogP contribution < -0.4 is 9.47 Å². The second kappa shape index (κ2) is 5.17. The van der Waals surface area contributed by atoms with Crippen molar-refractivity contribution < 1.29 is 9.47 Å². The molecule has 0 amide bonds. The Hall–Kier alpha value is -2.42. The van der Waals surface area contributed by atoms with Gasteiger partial charge in [0.2, 0.25) is 0 Å². The lowest BCUT2D eigenvalue weighted by atomic mass is 10.1. The molecule has 2 heterocycles. The van der Waals surface area contributed by atoms with Crippen LogP contribution in [0.2, 0.25) is 0 Å². The normalized spacial score (nSPS) is 13.1. The van der Waals surface area contributed by atoms with Gasteiger partial charge in [-0.1, -0.05) is 12.1 Å². The molecule has 0 spiro atoms. The Labute approximate surface area is 123 Å². The topological polar surface area (TPSA) is 34.2 Å². The van der Waals surface area contributed by atoms with Crippen LogP contribution in [0.25, 0.3) is 10.9 Å². The van der Waals surface area contributed by atoms with E-state index in [9.17, 15) is 0 Å². The number of H-pyrrole nitrogens is 1. The van der Waals surface area contributed by atoms with Gasteiger partial charge in [0, 0.05) is 29.9 Å². The van der Waals surface area contributed by atoms with Gasteiger partial charge in [-0.2, -0.15) is 0 Å². The van der Waals surface area contributed by atoms with Gasteiger partial charge >= 0.3 is 0 Å². The molecule has 2 aromatic carbocycles. The van der Waals surface area contributed by atoms with Gasteiger partial charge in [-0.3, -0.25) is 0 Å². The van der Waals surface area contributed by atoms with E-state index in [1.54, 1.807) is 0 Å². The fraction of sp³-hybridized carbons (Fsp3) is 0.222. The van der Waals surface area contributed by atoms with E-state index >= 15 is 0 Å². The van der Waals surface area contributed by atoms with Gasteiger partial charge in [-0.25, -0.2) is 0 Å². The van der Waals surface area contributed by atoms with Gasteiger partial charge in [0.15, 0.2) is 0 Å². The van der Waals surface area contributed by atoms with Gasteiger partial charge in [0.1, 0.15) is 11.5 Å². The quantitative estimate of drug-likeness (QED) is 0.789. The zero-order valence-corrected chi connectivity index (χ0v) is 11.8. The summed E-state index contributed by atoms with van der Waals surface area (Å²) in [5, 5.41) is 1.18. The molecule has 106 valence electrons. The maximum atomic E-state index is 5.86. The van der Waals surface area contributed by atoms with Crippen LogP contribution in [0, 0.1) is 0 Å². The molecule has 0 unspecified atom stereocenters. The summed E-state index contributed by atoms with van der Waals surface area (Å²) >= 11 is 0. The number of fused-ring (bicyclic) bond motifs is 2. The fourth-order valence-corrected chi connectivity index (χ4v) is 2.80. The summed E-state index contributed by atoms with van der Waals surface area (Å²) in [6.07, 6.45) is 3.88. The average molecular weight is 279 g/mol. The second-order valence-electron chi connectivity index (χ2n) is 5.37. The maximum absolute atomic E-state index is 5.86. The highest BCUT2D eigenvalue weighted by atomic mass is 16.5. The van der Waals surface area contributed by atoms with Gasteiger partial charge in [0.25, 0.3) is 0 Å². The van der Waals surface area contributed by atoms with Crippen molar-refractivity contribution in [3.05, 3.63) is 59.8 Å². The highest BCUT2D eigenvalue weighted by Crippen LogP contribution is 2.26. The fourth-order valence-electron chi connectivity index (χ4n) is 2.80. The molecule has 1 aromatic heterocycles. The van der Waals surface area contributed by atoms with Crippen LogP contribution in [0.3, 0.4) is 0 Å². The lowest BCUT2D eigenvalue weighted by Crippen LogP contribution is -2.01. The molecule has 0 saturated carbocycles. The molecule has 4 rings (SSSR count). The zero-order valence-electron chi connectivity index (χ0n) is 11.8. The smallest absolute Gasteiger partial charge is 0.122 e. The van der Waals surface area contributed by atoms with Crippen molar-refractivity contribution in [2.24, 2.45) is 0 Å². The Balaban J connectivity index is 1.40. The summed E-state index contributed by atoms with van der Waals surface area (Å²) in [6, 6.07) is 14.6. The summed E-state index contributed by atoms with van der Waals surface area (Å²) in [4.78, 5) is 3.19. The predicted octanol–water partition coefficient (Wildman–Crippen LogP) is 3.72. The van der Waals surface area contributed by atoms with Crippen LogP contribution in [0.5, 0.6) is 11.5 Å². The lowest BCUT2D eigenvalue weighted by Gasteiger charge is -2.07. The first-order valence-electron chi connectivity index (χ1n) is 7.33. The number of aromatic amines is 1. The molecule has 1 aliphatic heterocycles. The third kappa shape index (κ3) is 2.47. The maximum Gasteiger partial charge on any atom is 0.122 e. The minimum absolute atomic E-state index is 0.690. The first-order valence-corrected chi connectivity index (χ1v) is 7.33. The summed E-state index contributed by atoms with van der Waals surface area (Å²) in [5.41, 5.74) is 3.77. The Morgan fingerprint density at radius 1 is 1.10 bits per heavy atom. The standard InChI is InChI=1S/C18H17NO2/c1-4-18-15(7-10-21-18)11-13(1)6-9-20-16-2-3-17-14(12-16)5-8-19-17/h1-5,8,11-12,19H,6-7,9-10H2. The van der Waals surface area contributed by atoms with Crippen LogP contribution in [0.15, 0.2) is 48.7 Å². The molecule has 3 nitrogen and oxygen atoms in total. The van der Waals surface area contributed by atoms with Crippen LogP contribution in [-0.2, 0) is 12.8 Å². The number of hydrogen-bond acceptors (Lipinski definition) is 2. The van der Waals surface area contributed by atoms with Crippen LogP contribution >= 0.6 is 0 Å². The zero-order chi connectivity index (χ0) is 14.1. The molecule has 3 heteroatoms. The molecule has 0 bridgehead atoms. The Morgan fingerprint density at radius 2 is 2.10 bits per heavy atom. The van der Waals surface area contributed by atoms with Crippen LogP contribution in [0.4, 0.5) is 0 Å². The van der Waals surface area contributed by atoms with E-state index in [2.05, 4.69) is 41.4 Å². The van der Waals surface area contributed by atoms with Gasteiger partial charge in [-0.15, -0.1) is 0 Å². The lowest BCUT2D eigenvalue weighted by molar-refractivity contribution is 0.322. The van der Waals surface area contributed by atoms with Crippen molar-refractivity contribution in [2.75, 3.05) is 13.2 Å². The van der Waals surface area contributed by atoms with Crippen molar-refractivity contribution in [3.8, 4) is 11.5 Å². The van der Waals surface area contributed by atoms with Crippen molar-refractivity contribution in [2.45, 2.75) is 12.8 Å². The van der Waals surface area contributed by atoms with Crippen molar-refractivity contribution >= 4 is 10.9 Å². The number of ether oxygens (including phenoxy) is 2. The Kier molecular flexibility index (Phi) is 3.03.